The first-order valence-corrected chi connectivity index (χ1v) is 12.7. The number of benzene rings is 1. The van der Waals surface area contributed by atoms with Crippen LogP contribution in [0.1, 0.15) is 44.6 Å². The van der Waals surface area contributed by atoms with Gasteiger partial charge in [0.1, 0.15) is 5.41 Å². The molecule has 0 aromatic heterocycles. The monoisotopic (exact) mass is 459 g/mol. The molecular weight excluding hydrogens is 430 g/mol. The Morgan fingerprint density at radius 2 is 1.87 bits per heavy atom. The van der Waals surface area contributed by atoms with E-state index in [0.29, 0.717) is 29.3 Å². The number of hydrogen-bond donors (Lipinski definition) is 1. The average Bonchev–Trinajstić information content (AvgIpc) is 3.47. The minimum absolute atomic E-state index is 0.0786. The van der Waals surface area contributed by atoms with Crippen LogP contribution in [0.3, 0.4) is 0 Å². The molecule has 0 spiro atoms. The van der Waals surface area contributed by atoms with Crippen LogP contribution < -0.4 is 5.32 Å². The Hall–Kier alpha value is -1.80. The fraction of sp³-hybridized carbons (Fsp3) is 0.652. The highest BCUT2D eigenvalue weighted by Gasteiger charge is 2.66. The van der Waals surface area contributed by atoms with Gasteiger partial charge in [-0.1, -0.05) is 37.3 Å². The van der Waals surface area contributed by atoms with E-state index in [1.165, 1.54) is 6.42 Å². The predicted molar refractivity (Wildman–Crippen MR) is 122 cm³/mol. The van der Waals surface area contributed by atoms with Crippen molar-refractivity contribution in [3.8, 4) is 0 Å². The van der Waals surface area contributed by atoms with Gasteiger partial charge in [0.25, 0.3) is 0 Å². The maximum Gasteiger partial charge on any atom is 0.311 e. The molecule has 4 bridgehead atoms. The summed E-state index contributed by atoms with van der Waals surface area (Å²) in [6.45, 7) is 2.34. The van der Waals surface area contributed by atoms with Crippen molar-refractivity contribution in [3.05, 3.63) is 35.9 Å². The quantitative estimate of drug-likeness (QED) is 0.700. The molecule has 31 heavy (non-hydrogen) atoms. The number of rotatable bonds is 4. The van der Waals surface area contributed by atoms with Crippen LogP contribution in [0.15, 0.2) is 34.7 Å². The normalized spacial score (nSPS) is 39.6. The minimum Gasteiger partial charge on any atom is -0.365 e. The Labute approximate surface area is 190 Å². The summed E-state index contributed by atoms with van der Waals surface area (Å²) in [6.07, 6.45) is 5.21. The zero-order valence-electron chi connectivity index (χ0n) is 17.9. The van der Waals surface area contributed by atoms with Crippen LogP contribution >= 0.6 is 12.2 Å². The maximum atomic E-state index is 14.3. The van der Waals surface area contributed by atoms with Crippen molar-refractivity contribution in [1.29, 1.82) is 0 Å². The van der Waals surface area contributed by atoms with Gasteiger partial charge in [0, 0.05) is 13.1 Å². The molecular formula is C23H29N3O3S2. The Bertz CT molecular complexity index is 1040. The summed E-state index contributed by atoms with van der Waals surface area (Å²) in [5.74, 6) is 2.92. The number of nitrogens with one attached hydrogen (secondary N) is 1. The summed E-state index contributed by atoms with van der Waals surface area (Å²) in [5.41, 5.74) is -0.139. The van der Waals surface area contributed by atoms with Gasteiger partial charge in [-0.25, -0.2) is 0 Å². The molecule has 5 fully saturated rings. The number of nitrogens with zero attached hydrogens (tertiary/aromatic N) is 2. The first-order valence-electron chi connectivity index (χ1n) is 11.3. The number of carbonyl (C=O) groups excluding carboxylic acids is 1. The fourth-order valence-electron chi connectivity index (χ4n) is 7.16. The smallest absolute Gasteiger partial charge is 0.311 e. The molecule has 6 nitrogen and oxygen atoms in total. The second-order valence-corrected chi connectivity index (χ2v) is 11.0. The van der Waals surface area contributed by atoms with E-state index in [1.807, 2.05) is 35.2 Å². The van der Waals surface area contributed by atoms with E-state index in [9.17, 15) is 13.2 Å². The molecule has 1 amide bonds. The molecule has 8 heteroatoms. The van der Waals surface area contributed by atoms with Gasteiger partial charge in [-0.2, -0.15) is 12.8 Å². The molecule has 0 radical (unpaired) electrons. The number of amides is 1. The predicted octanol–water partition coefficient (Wildman–Crippen LogP) is 3.16. The Kier molecular flexibility index (Phi) is 5.20. The highest BCUT2D eigenvalue weighted by molar-refractivity contribution is 7.80. The lowest BCUT2D eigenvalue weighted by molar-refractivity contribution is -0.143. The van der Waals surface area contributed by atoms with Gasteiger partial charge in [0.2, 0.25) is 5.91 Å². The fourth-order valence-corrected chi connectivity index (χ4v) is 7.83. The van der Waals surface area contributed by atoms with Crippen molar-refractivity contribution in [2.45, 2.75) is 56.5 Å². The van der Waals surface area contributed by atoms with E-state index in [-0.39, 0.29) is 11.9 Å². The van der Waals surface area contributed by atoms with Crippen molar-refractivity contribution in [3.63, 3.8) is 0 Å². The SMILES string of the molecule is CNC(=S)N(C(=O)C1(c2ccccc2)CC1N=S(=O)=O)C1C2CC3CC(C2)C(C)C1C3. The lowest BCUT2D eigenvalue weighted by Gasteiger charge is -2.60. The van der Waals surface area contributed by atoms with Gasteiger partial charge < -0.3 is 5.32 Å². The van der Waals surface area contributed by atoms with Crippen molar-refractivity contribution in [1.82, 2.24) is 10.2 Å². The summed E-state index contributed by atoms with van der Waals surface area (Å²) >= 11 is 5.71. The minimum atomic E-state index is -2.55. The summed E-state index contributed by atoms with van der Waals surface area (Å²) in [7, 11) is -0.791. The highest BCUT2D eigenvalue weighted by Crippen LogP contribution is 2.59. The molecule has 0 heterocycles. The standard InChI is InChI=1S/C23H29N3O3S2/c1-13-15-8-14-9-16(11-15)20(18(13)10-14)26(22(30)24-2)21(27)23(12-19(23)25-31(28)29)17-6-4-3-5-7-17/h3-7,13-16,18-20H,8-12H2,1-2H3,(H,24,30). The van der Waals surface area contributed by atoms with Gasteiger partial charge in [0.15, 0.2) is 5.11 Å². The molecule has 1 N–H and O–H groups in total. The molecule has 8 atom stereocenters. The first-order chi connectivity index (χ1) is 14.9. The summed E-state index contributed by atoms with van der Waals surface area (Å²) in [6, 6.07) is 8.99. The highest BCUT2D eigenvalue weighted by atomic mass is 32.2. The van der Waals surface area contributed by atoms with Crippen LogP contribution in [-0.4, -0.2) is 43.5 Å². The Morgan fingerprint density at radius 1 is 1.16 bits per heavy atom. The van der Waals surface area contributed by atoms with Crippen molar-refractivity contribution < 1.29 is 13.2 Å². The second kappa shape index (κ2) is 7.66. The molecule has 6 rings (SSSR count). The van der Waals surface area contributed by atoms with E-state index in [0.717, 1.165) is 36.7 Å². The maximum absolute atomic E-state index is 14.3. The Morgan fingerprint density at radius 3 is 2.55 bits per heavy atom. The molecule has 166 valence electrons. The molecule has 1 aromatic carbocycles. The van der Waals surface area contributed by atoms with Crippen molar-refractivity contribution >= 4 is 33.7 Å². The van der Waals surface area contributed by atoms with Crippen molar-refractivity contribution in [2.75, 3.05) is 7.05 Å². The third-order valence-electron chi connectivity index (χ3n) is 8.58. The van der Waals surface area contributed by atoms with E-state index < -0.39 is 22.0 Å². The van der Waals surface area contributed by atoms with Crippen LogP contribution in [0, 0.1) is 29.6 Å². The van der Waals surface area contributed by atoms with Crippen LogP contribution in [-0.2, 0) is 20.7 Å². The summed E-state index contributed by atoms with van der Waals surface area (Å²) in [4.78, 5) is 16.1. The van der Waals surface area contributed by atoms with E-state index in [1.54, 1.807) is 7.05 Å². The third-order valence-corrected chi connectivity index (χ3v) is 9.41. The van der Waals surface area contributed by atoms with E-state index in [4.69, 9.17) is 12.2 Å². The first kappa shape index (κ1) is 21.1. The average molecular weight is 460 g/mol. The number of hydrogen-bond acceptors (Lipinski definition) is 5. The van der Waals surface area contributed by atoms with Gasteiger partial charge in [-0.15, -0.1) is 0 Å². The molecule has 5 aliphatic rings. The van der Waals surface area contributed by atoms with Crippen LogP contribution in [0.2, 0.25) is 0 Å². The van der Waals surface area contributed by atoms with Gasteiger partial charge >= 0.3 is 10.5 Å². The lowest BCUT2D eigenvalue weighted by Crippen LogP contribution is -2.64. The number of carbonyl (C=O) groups is 1. The largest absolute Gasteiger partial charge is 0.365 e. The van der Waals surface area contributed by atoms with Crippen LogP contribution in [0.5, 0.6) is 0 Å². The van der Waals surface area contributed by atoms with Gasteiger partial charge in [-0.05, 0) is 79.5 Å². The zero-order chi connectivity index (χ0) is 21.9. The summed E-state index contributed by atoms with van der Waals surface area (Å²) in [5, 5.41) is 3.50. The van der Waals surface area contributed by atoms with Crippen LogP contribution in [0.25, 0.3) is 0 Å². The van der Waals surface area contributed by atoms with E-state index >= 15 is 0 Å². The third kappa shape index (κ3) is 3.25. The van der Waals surface area contributed by atoms with Crippen molar-refractivity contribution in [2.24, 2.45) is 34.0 Å². The van der Waals surface area contributed by atoms with E-state index in [2.05, 4.69) is 16.6 Å². The van der Waals surface area contributed by atoms with Gasteiger partial charge in [0.05, 0.1) is 6.04 Å². The summed E-state index contributed by atoms with van der Waals surface area (Å²) < 4.78 is 26.6. The molecule has 0 saturated heterocycles. The lowest BCUT2D eigenvalue weighted by atomic mass is 9.50. The van der Waals surface area contributed by atoms with Crippen LogP contribution in [0.4, 0.5) is 0 Å². The van der Waals surface area contributed by atoms with Gasteiger partial charge in [-0.3, -0.25) is 9.69 Å². The number of thiocarbonyl (C=S) groups is 1. The molecule has 8 unspecified atom stereocenters. The second-order valence-electron chi connectivity index (χ2n) is 9.95. The molecule has 1 aromatic rings. The zero-order valence-corrected chi connectivity index (χ0v) is 19.5. The topological polar surface area (TPSA) is 78.8 Å². The molecule has 5 aliphatic carbocycles. The molecule has 5 saturated carbocycles. The molecule has 0 aliphatic heterocycles. The Balaban J connectivity index is 1.57.